The van der Waals surface area contributed by atoms with Crippen molar-refractivity contribution in [3.63, 3.8) is 0 Å². The van der Waals surface area contributed by atoms with Gasteiger partial charge >= 0.3 is 0 Å². The molecule has 0 saturated carbocycles. The molecule has 166 valence electrons. The Kier molecular flexibility index (Phi) is 7.97. The van der Waals surface area contributed by atoms with E-state index in [-0.39, 0.29) is 35.0 Å². The van der Waals surface area contributed by atoms with E-state index in [4.69, 9.17) is 21.7 Å². The molecule has 0 spiro atoms. The van der Waals surface area contributed by atoms with Gasteiger partial charge in [0.15, 0.2) is 5.11 Å². The van der Waals surface area contributed by atoms with Gasteiger partial charge in [0.05, 0.1) is 24.5 Å². The van der Waals surface area contributed by atoms with Gasteiger partial charge in [-0.2, -0.15) is 0 Å². The number of rotatable bonds is 8. The van der Waals surface area contributed by atoms with Crippen molar-refractivity contribution in [2.45, 2.75) is 30.3 Å². The van der Waals surface area contributed by atoms with Crippen molar-refractivity contribution >= 4 is 38.9 Å². The van der Waals surface area contributed by atoms with E-state index in [0.29, 0.717) is 18.0 Å². The number of thiocarbonyl (C=S) groups is 1. The number of anilines is 1. The Morgan fingerprint density at radius 2 is 1.87 bits per heavy atom. The second kappa shape index (κ2) is 10.7. The lowest BCUT2D eigenvalue weighted by molar-refractivity contribution is -0.119. The van der Waals surface area contributed by atoms with Crippen LogP contribution in [0.25, 0.3) is 0 Å². The molecule has 0 bridgehead atoms. The van der Waals surface area contributed by atoms with E-state index < -0.39 is 10.0 Å². The van der Waals surface area contributed by atoms with E-state index >= 15 is 0 Å². The van der Waals surface area contributed by atoms with E-state index in [1.54, 1.807) is 43.5 Å². The van der Waals surface area contributed by atoms with Gasteiger partial charge in [0.2, 0.25) is 15.9 Å². The molecule has 2 aromatic carbocycles. The van der Waals surface area contributed by atoms with Gasteiger partial charge in [-0.1, -0.05) is 12.1 Å². The van der Waals surface area contributed by atoms with Gasteiger partial charge in [0, 0.05) is 18.8 Å². The molecule has 10 heteroatoms. The third kappa shape index (κ3) is 7.00. The molecule has 3 N–H and O–H groups in total. The number of benzene rings is 2. The third-order valence-corrected chi connectivity index (χ3v) is 6.37. The largest absolute Gasteiger partial charge is 0.497 e. The summed E-state index contributed by atoms with van der Waals surface area (Å²) < 4.78 is 37.9. The predicted molar refractivity (Wildman–Crippen MR) is 122 cm³/mol. The minimum atomic E-state index is -3.62. The number of amides is 1. The van der Waals surface area contributed by atoms with E-state index in [1.165, 1.54) is 12.1 Å². The Labute approximate surface area is 187 Å². The van der Waals surface area contributed by atoms with Crippen LogP contribution in [0.4, 0.5) is 5.69 Å². The van der Waals surface area contributed by atoms with Gasteiger partial charge in [0.1, 0.15) is 5.75 Å². The molecule has 1 aliphatic rings. The van der Waals surface area contributed by atoms with Crippen LogP contribution in [0.15, 0.2) is 53.4 Å². The molecule has 1 atom stereocenters. The van der Waals surface area contributed by atoms with Crippen molar-refractivity contribution in [2.75, 3.05) is 25.6 Å². The molecule has 1 unspecified atom stereocenters. The fourth-order valence-corrected chi connectivity index (χ4v) is 4.37. The molecule has 3 rings (SSSR count). The molecule has 8 nitrogen and oxygen atoms in total. The highest BCUT2D eigenvalue weighted by molar-refractivity contribution is 7.89. The van der Waals surface area contributed by atoms with Crippen LogP contribution in [0.1, 0.15) is 18.4 Å². The monoisotopic (exact) mass is 463 g/mol. The van der Waals surface area contributed by atoms with Crippen molar-refractivity contribution in [3.8, 4) is 5.75 Å². The summed E-state index contributed by atoms with van der Waals surface area (Å²) in [5.41, 5.74) is 1.39. The zero-order valence-corrected chi connectivity index (χ0v) is 18.7. The topological polar surface area (TPSA) is 106 Å². The zero-order chi connectivity index (χ0) is 22.3. The van der Waals surface area contributed by atoms with E-state index in [0.717, 1.165) is 18.4 Å². The van der Waals surface area contributed by atoms with Crippen LogP contribution >= 0.6 is 12.2 Å². The van der Waals surface area contributed by atoms with Crippen LogP contribution in [0, 0.1) is 0 Å². The first-order valence-electron chi connectivity index (χ1n) is 9.81. The Bertz CT molecular complexity index is 1000. The van der Waals surface area contributed by atoms with Gasteiger partial charge in [0.25, 0.3) is 0 Å². The number of nitrogens with one attached hydrogen (secondary N) is 3. The number of hydrogen-bond donors (Lipinski definition) is 3. The summed E-state index contributed by atoms with van der Waals surface area (Å²) in [5, 5.41) is 5.61. The summed E-state index contributed by atoms with van der Waals surface area (Å²) in [6.07, 6.45) is 1.89. The summed E-state index contributed by atoms with van der Waals surface area (Å²) in [4.78, 5) is 12.3. The van der Waals surface area contributed by atoms with Crippen LogP contribution in [0.2, 0.25) is 0 Å². The Morgan fingerprint density at radius 1 is 1.16 bits per heavy atom. The maximum atomic E-state index is 12.4. The number of methoxy groups -OCH3 is 1. The predicted octanol–water partition coefficient (Wildman–Crippen LogP) is 2.21. The zero-order valence-electron chi connectivity index (χ0n) is 17.1. The normalized spacial score (nSPS) is 16.0. The summed E-state index contributed by atoms with van der Waals surface area (Å²) >= 11 is 5.17. The Hall–Kier alpha value is -2.53. The first-order valence-corrected chi connectivity index (χ1v) is 11.7. The number of hydrogen-bond acceptors (Lipinski definition) is 6. The van der Waals surface area contributed by atoms with Gasteiger partial charge < -0.3 is 20.1 Å². The van der Waals surface area contributed by atoms with E-state index in [1.807, 2.05) is 0 Å². The second-order valence-corrected chi connectivity index (χ2v) is 9.21. The lowest BCUT2D eigenvalue weighted by Gasteiger charge is -2.13. The summed E-state index contributed by atoms with van der Waals surface area (Å²) in [5.74, 6) is 0.453. The molecule has 1 heterocycles. The molecule has 0 aromatic heterocycles. The Balaban J connectivity index is 1.48. The first kappa shape index (κ1) is 23.1. The second-order valence-electron chi connectivity index (χ2n) is 7.04. The average Bonchev–Trinajstić information content (AvgIpc) is 3.27. The van der Waals surface area contributed by atoms with Gasteiger partial charge in [-0.25, -0.2) is 13.1 Å². The van der Waals surface area contributed by atoms with Crippen molar-refractivity contribution < 1.29 is 22.7 Å². The van der Waals surface area contributed by atoms with Crippen molar-refractivity contribution in [3.05, 3.63) is 54.1 Å². The standard InChI is InChI=1S/C21H25N3O5S2/c1-28-17-8-4-15(5-9-17)13-20(25)24-21(30)23-16-6-10-19(11-7-16)31(26,27)22-14-18-3-2-12-29-18/h4-11,18,22H,2-3,12-14H2,1H3,(H2,23,24,25,30). The minimum absolute atomic E-state index is 0.0744. The number of carbonyl (C=O) groups is 1. The third-order valence-electron chi connectivity index (χ3n) is 4.72. The molecule has 1 fully saturated rings. The maximum absolute atomic E-state index is 12.4. The van der Waals surface area contributed by atoms with Crippen LogP contribution in [-0.2, 0) is 26.0 Å². The van der Waals surface area contributed by atoms with E-state index in [2.05, 4.69) is 15.4 Å². The van der Waals surface area contributed by atoms with Crippen LogP contribution in [0.3, 0.4) is 0 Å². The van der Waals surface area contributed by atoms with Gasteiger partial charge in [-0.05, 0) is 67.0 Å². The lowest BCUT2D eigenvalue weighted by Crippen LogP contribution is -2.35. The number of sulfonamides is 1. The molecule has 1 saturated heterocycles. The van der Waals surface area contributed by atoms with Crippen LogP contribution < -0.4 is 20.1 Å². The number of carbonyl (C=O) groups excluding carboxylic acids is 1. The molecule has 31 heavy (non-hydrogen) atoms. The van der Waals surface area contributed by atoms with Gasteiger partial charge in [-0.3, -0.25) is 4.79 Å². The fraction of sp³-hybridized carbons (Fsp3) is 0.333. The maximum Gasteiger partial charge on any atom is 0.240 e. The summed E-state index contributed by atoms with van der Waals surface area (Å²) in [6, 6.07) is 13.3. The highest BCUT2D eigenvalue weighted by Crippen LogP contribution is 2.16. The highest BCUT2D eigenvalue weighted by Gasteiger charge is 2.20. The quantitative estimate of drug-likeness (QED) is 0.516. The summed E-state index contributed by atoms with van der Waals surface area (Å²) in [6.45, 7) is 0.927. The van der Waals surface area contributed by atoms with Crippen LogP contribution in [0.5, 0.6) is 5.75 Å². The number of ether oxygens (including phenoxy) is 2. The average molecular weight is 464 g/mol. The first-order chi connectivity index (χ1) is 14.9. The molecular formula is C21H25N3O5S2. The van der Waals surface area contributed by atoms with Crippen molar-refractivity contribution in [1.29, 1.82) is 0 Å². The molecular weight excluding hydrogens is 438 g/mol. The SMILES string of the molecule is COc1ccc(CC(=O)NC(=S)Nc2ccc(S(=O)(=O)NCC3CCCO3)cc2)cc1. The summed E-state index contributed by atoms with van der Waals surface area (Å²) in [7, 11) is -2.04. The van der Waals surface area contributed by atoms with E-state index in [9.17, 15) is 13.2 Å². The molecule has 0 aliphatic carbocycles. The molecule has 1 aliphatic heterocycles. The smallest absolute Gasteiger partial charge is 0.240 e. The van der Waals surface area contributed by atoms with Crippen molar-refractivity contribution in [1.82, 2.24) is 10.0 Å². The van der Waals surface area contributed by atoms with Crippen LogP contribution in [-0.4, -0.2) is 45.8 Å². The van der Waals surface area contributed by atoms with Gasteiger partial charge in [-0.15, -0.1) is 0 Å². The Morgan fingerprint density at radius 3 is 2.48 bits per heavy atom. The molecule has 1 amide bonds. The highest BCUT2D eigenvalue weighted by atomic mass is 32.2. The minimum Gasteiger partial charge on any atom is -0.497 e. The molecule has 0 radical (unpaired) electrons. The fourth-order valence-electron chi connectivity index (χ4n) is 3.07. The molecule has 2 aromatic rings. The van der Waals surface area contributed by atoms with Crippen molar-refractivity contribution in [2.24, 2.45) is 0 Å². The lowest BCUT2D eigenvalue weighted by atomic mass is 10.1.